The molecule has 20 heavy (non-hydrogen) atoms. The van der Waals surface area contributed by atoms with E-state index in [0.717, 1.165) is 25.8 Å². The lowest BCUT2D eigenvalue weighted by molar-refractivity contribution is -0.385. The standard InChI is InChI=1S/C15H17N3O2/c16-11-13-6-7-14(10-15(13)18(19)20)17-9-8-12-4-2-1-3-5-12/h4,6-7,10,17H,1-3,5,8-9H2. The van der Waals surface area contributed by atoms with E-state index >= 15 is 0 Å². The molecule has 5 heteroatoms. The first-order chi connectivity index (χ1) is 9.70. The summed E-state index contributed by atoms with van der Waals surface area (Å²) in [5.41, 5.74) is 2.10. The molecule has 0 fully saturated rings. The molecule has 1 aromatic rings. The van der Waals surface area contributed by atoms with Crippen LogP contribution in [0.25, 0.3) is 0 Å². The Morgan fingerprint density at radius 1 is 1.40 bits per heavy atom. The first-order valence-electron chi connectivity index (χ1n) is 6.81. The molecule has 0 amide bonds. The Balaban J connectivity index is 1.96. The van der Waals surface area contributed by atoms with Crippen LogP contribution in [0.3, 0.4) is 0 Å². The summed E-state index contributed by atoms with van der Waals surface area (Å²) in [5, 5.41) is 22.9. The number of anilines is 1. The number of allylic oxidation sites excluding steroid dienone is 1. The van der Waals surface area contributed by atoms with E-state index in [1.807, 2.05) is 6.07 Å². The molecule has 0 heterocycles. The third kappa shape index (κ3) is 3.58. The fourth-order valence-corrected chi connectivity index (χ4v) is 2.39. The topological polar surface area (TPSA) is 79.0 Å². The lowest BCUT2D eigenvalue weighted by Gasteiger charge is -2.13. The predicted octanol–water partition coefficient (Wildman–Crippen LogP) is 3.77. The van der Waals surface area contributed by atoms with E-state index in [9.17, 15) is 10.1 Å². The van der Waals surface area contributed by atoms with Gasteiger partial charge in [0.25, 0.3) is 5.69 Å². The zero-order chi connectivity index (χ0) is 14.4. The fourth-order valence-electron chi connectivity index (χ4n) is 2.39. The van der Waals surface area contributed by atoms with E-state index in [2.05, 4.69) is 11.4 Å². The van der Waals surface area contributed by atoms with E-state index in [0.29, 0.717) is 5.69 Å². The van der Waals surface area contributed by atoms with Gasteiger partial charge in [0.2, 0.25) is 0 Å². The summed E-state index contributed by atoms with van der Waals surface area (Å²) < 4.78 is 0. The molecule has 0 saturated heterocycles. The summed E-state index contributed by atoms with van der Waals surface area (Å²) in [6, 6.07) is 6.45. The quantitative estimate of drug-likeness (QED) is 0.502. The number of nitrogens with one attached hydrogen (secondary N) is 1. The zero-order valence-electron chi connectivity index (χ0n) is 11.3. The van der Waals surface area contributed by atoms with Crippen molar-refractivity contribution in [1.29, 1.82) is 5.26 Å². The van der Waals surface area contributed by atoms with Crippen molar-refractivity contribution in [2.45, 2.75) is 32.1 Å². The molecule has 104 valence electrons. The first kappa shape index (κ1) is 14.1. The van der Waals surface area contributed by atoms with Crippen molar-refractivity contribution in [3.63, 3.8) is 0 Å². The highest BCUT2D eigenvalue weighted by molar-refractivity contribution is 5.59. The summed E-state index contributed by atoms with van der Waals surface area (Å²) in [6.07, 6.45) is 8.12. The van der Waals surface area contributed by atoms with Gasteiger partial charge in [0.05, 0.1) is 4.92 Å². The Morgan fingerprint density at radius 2 is 2.25 bits per heavy atom. The van der Waals surface area contributed by atoms with Gasteiger partial charge in [-0.1, -0.05) is 11.6 Å². The Kier molecular flexibility index (Phi) is 4.72. The van der Waals surface area contributed by atoms with Crippen LogP contribution in [-0.2, 0) is 0 Å². The SMILES string of the molecule is N#Cc1ccc(NCCC2=CCCCC2)cc1[N+](=O)[O-]. The highest BCUT2D eigenvalue weighted by atomic mass is 16.6. The number of hydrogen-bond acceptors (Lipinski definition) is 4. The van der Waals surface area contributed by atoms with Crippen LogP contribution < -0.4 is 5.32 Å². The first-order valence-corrected chi connectivity index (χ1v) is 6.81. The second-order valence-electron chi connectivity index (χ2n) is 4.89. The van der Waals surface area contributed by atoms with Crippen LogP contribution in [-0.4, -0.2) is 11.5 Å². The third-order valence-corrected chi connectivity index (χ3v) is 3.48. The molecule has 1 N–H and O–H groups in total. The van der Waals surface area contributed by atoms with E-state index in [4.69, 9.17) is 5.26 Å². The molecule has 5 nitrogen and oxygen atoms in total. The number of benzene rings is 1. The number of nitriles is 1. The van der Waals surface area contributed by atoms with E-state index in [-0.39, 0.29) is 11.3 Å². The van der Waals surface area contributed by atoms with Gasteiger partial charge in [0, 0.05) is 18.3 Å². The van der Waals surface area contributed by atoms with Crippen molar-refractivity contribution >= 4 is 11.4 Å². The monoisotopic (exact) mass is 271 g/mol. The molecule has 1 aliphatic carbocycles. The smallest absolute Gasteiger partial charge is 0.289 e. The summed E-state index contributed by atoms with van der Waals surface area (Å²) >= 11 is 0. The van der Waals surface area contributed by atoms with Crippen molar-refractivity contribution in [2.24, 2.45) is 0 Å². The Labute approximate surface area is 118 Å². The van der Waals surface area contributed by atoms with Crippen LogP contribution in [0, 0.1) is 21.4 Å². The van der Waals surface area contributed by atoms with Crippen molar-refractivity contribution < 1.29 is 4.92 Å². The number of rotatable bonds is 5. The number of nitrogens with zero attached hydrogens (tertiary/aromatic N) is 2. The van der Waals surface area contributed by atoms with Gasteiger partial charge in [-0.25, -0.2) is 0 Å². The minimum atomic E-state index is -0.520. The maximum atomic E-state index is 10.9. The minimum absolute atomic E-state index is 0.0931. The lowest BCUT2D eigenvalue weighted by Crippen LogP contribution is -2.05. The van der Waals surface area contributed by atoms with Crippen LogP contribution in [0.5, 0.6) is 0 Å². The highest BCUT2D eigenvalue weighted by Crippen LogP contribution is 2.23. The molecule has 1 aromatic carbocycles. The predicted molar refractivity (Wildman–Crippen MR) is 77.5 cm³/mol. The molecule has 0 bridgehead atoms. The fraction of sp³-hybridized carbons (Fsp3) is 0.400. The molecule has 0 radical (unpaired) electrons. The minimum Gasteiger partial charge on any atom is -0.385 e. The number of nitro benzene ring substituents is 1. The summed E-state index contributed by atoms with van der Waals surface area (Å²) in [7, 11) is 0. The molecule has 1 aliphatic rings. The van der Waals surface area contributed by atoms with Crippen molar-refractivity contribution in [3.8, 4) is 6.07 Å². The van der Waals surface area contributed by atoms with Gasteiger partial charge in [0.1, 0.15) is 11.6 Å². The van der Waals surface area contributed by atoms with Crippen LogP contribution in [0.1, 0.15) is 37.7 Å². The molecular formula is C15H17N3O2. The molecule has 0 aliphatic heterocycles. The average molecular weight is 271 g/mol. The molecular weight excluding hydrogens is 254 g/mol. The molecule has 0 atom stereocenters. The van der Waals surface area contributed by atoms with E-state index in [1.165, 1.54) is 30.5 Å². The zero-order valence-corrected chi connectivity index (χ0v) is 11.3. The van der Waals surface area contributed by atoms with Crippen LogP contribution >= 0.6 is 0 Å². The van der Waals surface area contributed by atoms with Gasteiger partial charge < -0.3 is 5.32 Å². The molecule has 0 saturated carbocycles. The van der Waals surface area contributed by atoms with E-state index < -0.39 is 4.92 Å². The van der Waals surface area contributed by atoms with Gasteiger partial charge >= 0.3 is 0 Å². The van der Waals surface area contributed by atoms with Gasteiger partial charge in [0.15, 0.2) is 0 Å². The van der Waals surface area contributed by atoms with Crippen molar-refractivity contribution in [2.75, 3.05) is 11.9 Å². The molecule has 0 unspecified atom stereocenters. The summed E-state index contributed by atoms with van der Waals surface area (Å²) in [6.45, 7) is 0.759. The lowest BCUT2D eigenvalue weighted by atomic mass is 9.97. The maximum Gasteiger partial charge on any atom is 0.289 e. The Bertz CT molecular complexity index is 573. The van der Waals surface area contributed by atoms with E-state index in [1.54, 1.807) is 6.07 Å². The second kappa shape index (κ2) is 6.71. The summed E-state index contributed by atoms with van der Waals surface area (Å²) in [5.74, 6) is 0. The average Bonchev–Trinajstić information content (AvgIpc) is 2.48. The van der Waals surface area contributed by atoms with Gasteiger partial charge in [-0.3, -0.25) is 10.1 Å². The van der Waals surface area contributed by atoms with Crippen molar-refractivity contribution in [1.82, 2.24) is 0 Å². The third-order valence-electron chi connectivity index (χ3n) is 3.48. The van der Waals surface area contributed by atoms with Gasteiger partial charge in [-0.05, 0) is 44.2 Å². The normalized spacial score (nSPS) is 14.2. The highest BCUT2D eigenvalue weighted by Gasteiger charge is 2.14. The van der Waals surface area contributed by atoms with Crippen LogP contribution in [0.4, 0.5) is 11.4 Å². The number of nitro groups is 1. The molecule has 2 rings (SSSR count). The van der Waals surface area contributed by atoms with Crippen LogP contribution in [0.2, 0.25) is 0 Å². The van der Waals surface area contributed by atoms with Gasteiger partial charge in [-0.2, -0.15) is 5.26 Å². The maximum absolute atomic E-state index is 10.9. The second-order valence-corrected chi connectivity index (χ2v) is 4.89. The Morgan fingerprint density at radius 3 is 2.90 bits per heavy atom. The van der Waals surface area contributed by atoms with Gasteiger partial charge in [-0.15, -0.1) is 0 Å². The molecule has 0 aromatic heterocycles. The molecule has 0 spiro atoms. The number of hydrogen-bond donors (Lipinski definition) is 1. The largest absolute Gasteiger partial charge is 0.385 e. The Hall–Kier alpha value is -2.35. The summed E-state index contributed by atoms with van der Waals surface area (Å²) in [4.78, 5) is 10.4. The van der Waals surface area contributed by atoms with Crippen LogP contribution in [0.15, 0.2) is 29.8 Å². The van der Waals surface area contributed by atoms with Crippen molar-refractivity contribution in [3.05, 3.63) is 45.5 Å².